The fourth-order valence-electron chi connectivity index (χ4n) is 0.722. The Kier molecular flexibility index (Phi) is 15.0. The second-order valence-corrected chi connectivity index (χ2v) is 1.57. The molecule has 0 nitrogen and oxygen atoms in total. The summed E-state index contributed by atoms with van der Waals surface area (Å²) in [5, 5.41) is 0. The molecule has 0 N–H and O–H groups in total. The van der Waals surface area contributed by atoms with E-state index in [4.69, 9.17) is 0 Å². The van der Waals surface area contributed by atoms with Gasteiger partial charge in [0.1, 0.15) is 0 Å². The first-order valence-corrected chi connectivity index (χ1v) is 3.32. The van der Waals surface area contributed by atoms with E-state index in [9.17, 15) is 0 Å². The molecule has 1 heteroatoms. The van der Waals surface area contributed by atoms with Gasteiger partial charge in [0.25, 0.3) is 0 Å². The quantitative estimate of drug-likeness (QED) is 0.466. The van der Waals surface area contributed by atoms with Crippen molar-refractivity contribution in [2.45, 2.75) is 39.5 Å². The Morgan fingerprint density at radius 1 is 1.00 bits per heavy atom. The molecule has 1 saturated carbocycles. The van der Waals surface area contributed by atoms with Crippen LogP contribution in [0.2, 0.25) is 0 Å². The minimum Gasteiger partial charge on any atom is -0.328 e. The van der Waals surface area contributed by atoms with E-state index in [0.29, 0.717) is 0 Å². The average molecular weight is 150 g/mol. The fourth-order valence-corrected chi connectivity index (χ4v) is 0.722. The van der Waals surface area contributed by atoms with Crippen molar-refractivity contribution < 1.29 is 18.6 Å². The summed E-state index contributed by atoms with van der Waals surface area (Å²) in [6, 6.07) is 0. The smallest absolute Gasteiger partial charge is 0 e. The standard InChI is InChI=1S/C5H9.C2H6.V/c1-2-4-5-3-1;1-2;/h1H,2-5H2;1-2H3;/q-1;;. The van der Waals surface area contributed by atoms with Gasteiger partial charge in [-0.05, 0) is 0 Å². The van der Waals surface area contributed by atoms with E-state index in [2.05, 4.69) is 6.42 Å². The summed E-state index contributed by atoms with van der Waals surface area (Å²) in [5.41, 5.74) is 0. The van der Waals surface area contributed by atoms with Crippen molar-refractivity contribution in [2.75, 3.05) is 0 Å². The third kappa shape index (κ3) is 6.58. The van der Waals surface area contributed by atoms with Crippen molar-refractivity contribution in [3.8, 4) is 0 Å². The Labute approximate surface area is 64.9 Å². The van der Waals surface area contributed by atoms with Crippen LogP contribution in [-0.2, 0) is 18.6 Å². The number of hydrogen-bond donors (Lipinski definition) is 0. The zero-order chi connectivity index (χ0) is 5.54. The Bertz CT molecular complexity index is 16.0. The molecule has 1 radical (unpaired) electrons. The third-order valence-electron chi connectivity index (χ3n) is 1.07. The van der Waals surface area contributed by atoms with Gasteiger partial charge in [0, 0.05) is 18.6 Å². The van der Waals surface area contributed by atoms with Gasteiger partial charge in [0.2, 0.25) is 0 Å². The normalized spacial score (nSPS) is 15.8. The summed E-state index contributed by atoms with van der Waals surface area (Å²) < 4.78 is 0. The SMILES string of the molecule is CC.[CH-]1CCCC1.[V]. The molecule has 0 atom stereocenters. The van der Waals surface area contributed by atoms with E-state index >= 15 is 0 Å². The van der Waals surface area contributed by atoms with Gasteiger partial charge >= 0.3 is 0 Å². The molecule has 1 rings (SSSR count). The molecule has 0 unspecified atom stereocenters. The topological polar surface area (TPSA) is 0 Å². The molecule has 1 fully saturated rings. The van der Waals surface area contributed by atoms with Crippen LogP contribution in [0.5, 0.6) is 0 Å². The summed E-state index contributed by atoms with van der Waals surface area (Å²) in [6.07, 6.45) is 8.00. The molecular weight excluding hydrogens is 135 g/mol. The third-order valence-corrected chi connectivity index (χ3v) is 1.07. The summed E-state index contributed by atoms with van der Waals surface area (Å²) in [7, 11) is 0. The van der Waals surface area contributed by atoms with E-state index in [-0.39, 0.29) is 18.6 Å². The minimum atomic E-state index is 0. The molecule has 0 aromatic heterocycles. The molecule has 0 spiro atoms. The molecule has 49 valence electrons. The molecule has 1 aliphatic carbocycles. The van der Waals surface area contributed by atoms with Crippen LogP contribution in [0, 0.1) is 6.42 Å². The Hall–Kier alpha value is 0.584. The molecule has 0 heterocycles. The average Bonchev–Trinajstić information content (AvgIpc) is 2.23. The monoisotopic (exact) mass is 150 g/mol. The summed E-state index contributed by atoms with van der Waals surface area (Å²) >= 11 is 0. The van der Waals surface area contributed by atoms with Crippen LogP contribution in [0.15, 0.2) is 0 Å². The molecule has 8 heavy (non-hydrogen) atoms. The van der Waals surface area contributed by atoms with E-state index in [1.165, 1.54) is 25.7 Å². The van der Waals surface area contributed by atoms with Crippen molar-refractivity contribution in [2.24, 2.45) is 0 Å². The fraction of sp³-hybridized carbons (Fsp3) is 0.857. The first-order chi connectivity index (χ1) is 3.50. The van der Waals surface area contributed by atoms with Crippen molar-refractivity contribution in [1.29, 1.82) is 0 Å². The summed E-state index contributed by atoms with van der Waals surface area (Å²) in [5.74, 6) is 0. The predicted octanol–water partition coefficient (Wildman–Crippen LogP) is 2.79. The second-order valence-electron chi connectivity index (χ2n) is 1.57. The van der Waals surface area contributed by atoms with Gasteiger partial charge < -0.3 is 6.42 Å². The maximum Gasteiger partial charge on any atom is 0 e. The molecule has 0 aliphatic heterocycles. The van der Waals surface area contributed by atoms with E-state index in [1.54, 1.807) is 0 Å². The summed E-state index contributed by atoms with van der Waals surface area (Å²) in [4.78, 5) is 0. The van der Waals surface area contributed by atoms with Gasteiger partial charge in [0.15, 0.2) is 0 Å². The number of rotatable bonds is 0. The van der Waals surface area contributed by atoms with Crippen LogP contribution < -0.4 is 0 Å². The molecule has 0 aromatic rings. The van der Waals surface area contributed by atoms with E-state index in [1.807, 2.05) is 13.8 Å². The number of hydrogen-bond acceptors (Lipinski definition) is 0. The van der Waals surface area contributed by atoms with Gasteiger partial charge in [-0.1, -0.05) is 26.7 Å². The van der Waals surface area contributed by atoms with Crippen molar-refractivity contribution in [1.82, 2.24) is 0 Å². The largest absolute Gasteiger partial charge is 0.328 e. The maximum atomic E-state index is 2.36. The Morgan fingerprint density at radius 3 is 1.50 bits per heavy atom. The van der Waals surface area contributed by atoms with Crippen LogP contribution in [0.25, 0.3) is 0 Å². The molecule has 0 amide bonds. The van der Waals surface area contributed by atoms with Crippen molar-refractivity contribution in [3.05, 3.63) is 6.42 Å². The van der Waals surface area contributed by atoms with E-state index < -0.39 is 0 Å². The molecule has 1 aliphatic rings. The minimum absolute atomic E-state index is 0. The first kappa shape index (κ1) is 11.4. The zero-order valence-electron chi connectivity index (χ0n) is 5.85. The van der Waals surface area contributed by atoms with Crippen molar-refractivity contribution >= 4 is 0 Å². The van der Waals surface area contributed by atoms with Crippen LogP contribution in [0.1, 0.15) is 39.5 Å². The second kappa shape index (κ2) is 10.5. The van der Waals surface area contributed by atoms with Gasteiger partial charge in [-0.25, -0.2) is 0 Å². The van der Waals surface area contributed by atoms with Crippen LogP contribution in [0.4, 0.5) is 0 Å². The maximum absolute atomic E-state index is 2.36. The Balaban J connectivity index is 0. The molecule has 0 aromatic carbocycles. The van der Waals surface area contributed by atoms with Gasteiger partial charge in [-0.3, -0.25) is 0 Å². The van der Waals surface area contributed by atoms with E-state index in [0.717, 1.165) is 0 Å². The summed E-state index contributed by atoms with van der Waals surface area (Å²) in [6.45, 7) is 4.00. The predicted molar refractivity (Wildman–Crippen MR) is 34.1 cm³/mol. The van der Waals surface area contributed by atoms with Crippen LogP contribution in [0.3, 0.4) is 0 Å². The molecule has 0 bridgehead atoms. The van der Waals surface area contributed by atoms with Gasteiger partial charge in [-0.15, -0.1) is 0 Å². The van der Waals surface area contributed by atoms with Gasteiger partial charge in [-0.2, -0.15) is 12.8 Å². The molecule has 0 saturated heterocycles. The Morgan fingerprint density at radius 2 is 1.38 bits per heavy atom. The van der Waals surface area contributed by atoms with Gasteiger partial charge in [0.05, 0.1) is 0 Å². The van der Waals surface area contributed by atoms with Crippen LogP contribution in [-0.4, -0.2) is 0 Å². The zero-order valence-corrected chi connectivity index (χ0v) is 7.25. The van der Waals surface area contributed by atoms with Crippen LogP contribution >= 0.6 is 0 Å². The first-order valence-electron chi connectivity index (χ1n) is 3.32. The molecular formula is C7H15V-. The van der Waals surface area contributed by atoms with Crippen molar-refractivity contribution in [3.63, 3.8) is 0 Å².